The van der Waals surface area contributed by atoms with E-state index in [9.17, 15) is 4.79 Å². The van der Waals surface area contributed by atoms with Crippen molar-refractivity contribution in [2.24, 2.45) is 0 Å². The van der Waals surface area contributed by atoms with Crippen molar-refractivity contribution in [3.63, 3.8) is 0 Å². The monoisotopic (exact) mass is 416 g/mol. The highest BCUT2D eigenvalue weighted by atomic mass is 16.5. The standard InChI is InChI=1S/C27H44O3/c1-3-4-5-6-7-8-9-10-11-12-13-14-15-16-17-18-27(28)30-24-23-25-19-21-26(29-2)22-20-25/h19-24H,3-18H2,1-2H3/b24-23-. The van der Waals surface area contributed by atoms with Crippen molar-refractivity contribution in [1.29, 1.82) is 0 Å². The van der Waals surface area contributed by atoms with Crippen LogP contribution in [0.15, 0.2) is 30.5 Å². The number of unbranched alkanes of at least 4 members (excludes halogenated alkanes) is 14. The summed E-state index contributed by atoms with van der Waals surface area (Å²) in [6, 6.07) is 7.63. The maximum absolute atomic E-state index is 11.8. The van der Waals surface area contributed by atoms with Gasteiger partial charge in [-0.15, -0.1) is 0 Å². The van der Waals surface area contributed by atoms with E-state index in [1.165, 1.54) is 89.7 Å². The molecule has 0 saturated carbocycles. The van der Waals surface area contributed by atoms with Gasteiger partial charge < -0.3 is 9.47 Å². The molecule has 0 aliphatic carbocycles. The minimum absolute atomic E-state index is 0.144. The van der Waals surface area contributed by atoms with Crippen molar-refractivity contribution in [2.75, 3.05) is 7.11 Å². The Morgan fingerprint density at radius 2 is 1.20 bits per heavy atom. The summed E-state index contributed by atoms with van der Waals surface area (Å²) >= 11 is 0. The predicted octanol–water partition coefficient (Wildman–Crippen LogP) is 8.47. The molecule has 0 bridgehead atoms. The first kappa shape index (κ1) is 26.3. The molecule has 0 unspecified atom stereocenters. The van der Waals surface area contributed by atoms with Crippen LogP contribution in [0.4, 0.5) is 0 Å². The van der Waals surface area contributed by atoms with Crippen LogP contribution in [-0.4, -0.2) is 13.1 Å². The number of rotatable bonds is 19. The van der Waals surface area contributed by atoms with Crippen molar-refractivity contribution >= 4 is 12.0 Å². The molecule has 0 fully saturated rings. The highest BCUT2D eigenvalue weighted by molar-refractivity contribution is 5.70. The second kappa shape index (κ2) is 19.2. The summed E-state index contributed by atoms with van der Waals surface area (Å²) in [5, 5.41) is 0. The average Bonchev–Trinajstić information content (AvgIpc) is 2.77. The Morgan fingerprint density at radius 3 is 1.67 bits per heavy atom. The zero-order valence-corrected chi connectivity index (χ0v) is 19.5. The van der Waals surface area contributed by atoms with E-state index in [-0.39, 0.29) is 5.97 Å². The second-order valence-corrected chi connectivity index (χ2v) is 8.27. The molecule has 1 aromatic rings. The minimum atomic E-state index is -0.144. The molecule has 170 valence electrons. The molecule has 0 saturated heterocycles. The van der Waals surface area contributed by atoms with E-state index in [2.05, 4.69) is 6.92 Å². The molecule has 0 radical (unpaired) electrons. The second-order valence-electron chi connectivity index (χ2n) is 8.27. The number of benzene rings is 1. The van der Waals surface area contributed by atoms with Gasteiger partial charge >= 0.3 is 5.97 Å². The van der Waals surface area contributed by atoms with Gasteiger partial charge in [0.2, 0.25) is 0 Å². The SMILES string of the molecule is CCCCCCCCCCCCCCCCCC(=O)O/C=C\c1ccc(OC)cc1. The summed E-state index contributed by atoms with van der Waals surface area (Å²) in [6.45, 7) is 2.28. The molecular formula is C27H44O3. The molecule has 0 aromatic heterocycles. The Kier molecular flexibility index (Phi) is 16.8. The van der Waals surface area contributed by atoms with E-state index in [0.717, 1.165) is 24.2 Å². The summed E-state index contributed by atoms with van der Waals surface area (Å²) in [5.41, 5.74) is 0.982. The van der Waals surface area contributed by atoms with E-state index < -0.39 is 0 Å². The molecule has 0 N–H and O–H groups in total. The molecule has 0 aliphatic heterocycles. The number of carbonyl (C=O) groups excluding carboxylic acids is 1. The lowest BCUT2D eigenvalue weighted by Crippen LogP contribution is -1.98. The van der Waals surface area contributed by atoms with Crippen LogP contribution in [0.2, 0.25) is 0 Å². The van der Waals surface area contributed by atoms with Gasteiger partial charge in [0.05, 0.1) is 13.4 Å². The van der Waals surface area contributed by atoms with Crippen LogP contribution in [0.3, 0.4) is 0 Å². The molecule has 1 aromatic carbocycles. The fourth-order valence-electron chi connectivity index (χ4n) is 3.60. The molecule has 0 heterocycles. The molecule has 30 heavy (non-hydrogen) atoms. The number of esters is 1. The third kappa shape index (κ3) is 15.1. The number of hydrogen-bond donors (Lipinski definition) is 0. The number of ether oxygens (including phenoxy) is 2. The van der Waals surface area contributed by atoms with Gasteiger partial charge in [0.1, 0.15) is 5.75 Å². The first-order valence-electron chi connectivity index (χ1n) is 12.3. The van der Waals surface area contributed by atoms with Crippen molar-refractivity contribution in [3.05, 3.63) is 36.1 Å². The molecule has 3 heteroatoms. The zero-order chi connectivity index (χ0) is 21.7. The molecule has 0 aliphatic rings. The summed E-state index contributed by atoms with van der Waals surface area (Å²) in [5.74, 6) is 0.673. The highest BCUT2D eigenvalue weighted by Gasteiger charge is 2.01. The van der Waals surface area contributed by atoms with Gasteiger partial charge in [0.25, 0.3) is 0 Å². The van der Waals surface area contributed by atoms with Crippen LogP contribution in [0.5, 0.6) is 5.75 Å². The number of carbonyl (C=O) groups is 1. The van der Waals surface area contributed by atoms with Gasteiger partial charge in [0, 0.05) is 6.42 Å². The van der Waals surface area contributed by atoms with Crippen LogP contribution >= 0.6 is 0 Å². The van der Waals surface area contributed by atoms with Crippen LogP contribution in [0.25, 0.3) is 6.08 Å². The Morgan fingerprint density at radius 1 is 0.733 bits per heavy atom. The molecule has 0 spiro atoms. The van der Waals surface area contributed by atoms with Crippen LogP contribution in [-0.2, 0) is 9.53 Å². The zero-order valence-electron chi connectivity index (χ0n) is 19.5. The maximum Gasteiger partial charge on any atom is 0.310 e. The van der Waals surface area contributed by atoms with Crippen molar-refractivity contribution in [2.45, 2.75) is 110 Å². The fourth-order valence-corrected chi connectivity index (χ4v) is 3.60. The normalized spacial score (nSPS) is 11.1. The van der Waals surface area contributed by atoms with Gasteiger partial charge in [-0.05, 0) is 30.2 Å². The van der Waals surface area contributed by atoms with E-state index in [1.807, 2.05) is 24.3 Å². The van der Waals surface area contributed by atoms with Gasteiger partial charge in [-0.3, -0.25) is 4.79 Å². The summed E-state index contributed by atoms with van der Waals surface area (Å²) in [6.07, 6.45) is 23.7. The summed E-state index contributed by atoms with van der Waals surface area (Å²) in [7, 11) is 1.64. The van der Waals surface area contributed by atoms with E-state index in [0.29, 0.717) is 6.42 Å². The fraction of sp³-hybridized carbons (Fsp3) is 0.667. The van der Waals surface area contributed by atoms with Crippen LogP contribution in [0, 0.1) is 0 Å². The number of methoxy groups -OCH3 is 1. The number of hydrogen-bond acceptors (Lipinski definition) is 3. The van der Waals surface area contributed by atoms with Gasteiger partial charge in [-0.25, -0.2) is 0 Å². The summed E-state index contributed by atoms with van der Waals surface area (Å²) in [4.78, 5) is 11.8. The van der Waals surface area contributed by atoms with Crippen molar-refractivity contribution < 1.29 is 14.3 Å². The average molecular weight is 417 g/mol. The topological polar surface area (TPSA) is 35.5 Å². The van der Waals surface area contributed by atoms with Gasteiger partial charge in [-0.1, -0.05) is 109 Å². The minimum Gasteiger partial charge on any atom is -0.497 e. The van der Waals surface area contributed by atoms with Gasteiger partial charge in [0.15, 0.2) is 0 Å². The predicted molar refractivity (Wildman–Crippen MR) is 128 cm³/mol. The Labute approximate surface area is 185 Å². The lowest BCUT2D eigenvalue weighted by Gasteiger charge is -2.03. The molecule has 0 amide bonds. The maximum atomic E-state index is 11.8. The third-order valence-corrected chi connectivity index (χ3v) is 5.56. The van der Waals surface area contributed by atoms with Gasteiger partial charge in [-0.2, -0.15) is 0 Å². The van der Waals surface area contributed by atoms with E-state index >= 15 is 0 Å². The summed E-state index contributed by atoms with van der Waals surface area (Å²) < 4.78 is 10.3. The Balaban J connectivity index is 1.86. The molecular weight excluding hydrogens is 372 g/mol. The van der Waals surface area contributed by atoms with Crippen LogP contribution in [0.1, 0.15) is 115 Å². The molecule has 1 rings (SSSR count). The lowest BCUT2D eigenvalue weighted by molar-refractivity contribution is -0.138. The van der Waals surface area contributed by atoms with E-state index in [1.54, 1.807) is 13.2 Å². The Bertz CT molecular complexity index is 548. The molecule has 0 atom stereocenters. The largest absolute Gasteiger partial charge is 0.497 e. The third-order valence-electron chi connectivity index (χ3n) is 5.56. The highest BCUT2D eigenvalue weighted by Crippen LogP contribution is 2.14. The molecule has 3 nitrogen and oxygen atoms in total. The smallest absolute Gasteiger partial charge is 0.310 e. The first-order chi connectivity index (χ1) is 14.8. The lowest BCUT2D eigenvalue weighted by atomic mass is 10.0. The van der Waals surface area contributed by atoms with Crippen molar-refractivity contribution in [3.8, 4) is 5.75 Å². The Hall–Kier alpha value is -1.77. The van der Waals surface area contributed by atoms with E-state index in [4.69, 9.17) is 9.47 Å². The first-order valence-corrected chi connectivity index (χ1v) is 12.3. The van der Waals surface area contributed by atoms with Crippen LogP contribution < -0.4 is 4.74 Å². The quantitative estimate of drug-likeness (QED) is 0.129. The van der Waals surface area contributed by atoms with Crippen molar-refractivity contribution in [1.82, 2.24) is 0 Å².